The van der Waals surface area contributed by atoms with Gasteiger partial charge in [0.05, 0.1) is 191 Å². The van der Waals surface area contributed by atoms with E-state index in [1.807, 2.05) is 0 Å². The Morgan fingerprint density at radius 1 is 0.733 bits per heavy atom. The van der Waals surface area contributed by atoms with Crippen LogP contribution in [0, 0.1) is 29.6 Å². The molecule has 7 rings (SSSR count). The highest BCUT2D eigenvalue weighted by Crippen LogP contribution is 2.38. The van der Waals surface area contributed by atoms with Crippen LogP contribution in [-0.2, 0) is 125 Å². The number of aliphatic hydroxyl groups excluding tert-OH is 3. The highest BCUT2D eigenvalue weighted by atomic mass is 32.2. The number of anilines is 1. The van der Waals surface area contributed by atoms with Gasteiger partial charge in [0.2, 0.25) is 59.1 Å². The fraction of sp³-hybridized carbons (Fsp3) is 0.639. The molecule has 1 aromatic heterocycles. The summed E-state index contributed by atoms with van der Waals surface area (Å²) in [6.07, 6.45) is -3.98. The van der Waals surface area contributed by atoms with Crippen molar-refractivity contribution in [1.82, 2.24) is 79.2 Å². The molecule has 0 spiro atoms. The van der Waals surface area contributed by atoms with E-state index in [0.717, 1.165) is 4.90 Å². The molecule has 730 valence electrons. The van der Waals surface area contributed by atoms with Crippen LogP contribution in [0.5, 0.6) is 5.75 Å². The van der Waals surface area contributed by atoms with Gasteiger partial charge >= 0.3 is 12.1 Å². The van der Waals surface area contributed by atoms with Crippen LogP contribution in [0.3, 0.4) is 0 Å². The van der Waals surface area contributed by atoms with Gasteiger partial charge in [0.15, 0.2) is 11.6 Å². The molecule has 1 fully saturated rings. The van der Waals surface area contributed by atoms with E-state index in [1.54, 1.807) is 80.8 Å². The van der Waals surface area contributed by atoms with Gasteiger partial charge in [0.25, 0.3) is 0 Å². The number of fused-ring (bicyclic) bond motifs is 5. The van der Waals surface area contributed by atoms with Gasteiger partial charge in [0.1, 0.15) is 47.6 Å². The minimum absolute atomic E-state index is 0.0824. The van der Waals surface area contributed by atoms with Crippen molar-refractivity contribution >= 4 is 122 Å². The summed E-state index contributed by atoms with van der Waals surface area (Å²) >= 11 is 1.44. The number of methoxy groups -OCH3 is 1. The minimum Gasteiger partial charge on any atom is -0.496 e. The second-order valence-electron chi connectivity index (χ2n) is 31.9. The number of rotatable bonds is 50. The molecular formula is C83H128N18O28S2. The van der Waals surface area contributed by atoms with Crippen molar-refractivity contribution in [2.24, 2.45) is 41.1 Å². The molecule has 3 aromatic rings. The largest absolute Gasteiger partial charge is 0.496 e. The van der Waals surface area contributed by atoms with Gasteiger partial charge in [0, 0.05) is 84.4 Å². The predicted octanol–water partition coefficient (Wildman–Crippen LogP) is -4.00. The number of H-pyrrole nitrogens is 1. The van der Waals surface area contributed by atoms with E-state index in [2.05, 4.69) is 69.1 Å². The molecular weight excluding hydrogens is 1760 g/mol. The Kier molecular flexibility index (Phi) is 47.0. The first-order chi connectivity index (χ1) is 62.8. The van der Waals surface area contributed by atoms with Gasteiger partial charge in [-0.2, -0.15) is 17.2 Å². The van der Waals surface area contributed by atoms with Crippen molar-refractivity contribution < 1.29 is 134 Å². The molecule has 4 aliphatic rings. The summed E-state index contributed by atoms with van der Waals surface area (Å²) in [5, 5.41) is 68.8. The number of primary amides is 2. The van der Waals surface area contributed by atoms with Crippen molar-refractivity contribution in [3.63, 3.8) is 0 Å². The summed E-state index contributed by atoms with van der Waals surface area (Å²) in [5.41, 5.74) is 21.2. The number of Topliss-reactive ketones (excluding diaryl/α,β-unsaturated/α-hetero) is 2. The topological polar surface area (TPSA) is 651 Å². The Hall–Kier alpha value is -10.3. The summed E-state index contributed by atoms with van der Waals surface area (Å²) < 4.78 is 66.4. The lowest BCUT2D eigenvalue weighted by atomic mass is 9.85. The molecule has 48 heteroatoms. The zero-order valence-electron chi connectivity index (χ0n) is 74.5. The van der Waals surface area contributed by atoms with Crippen LogP contribution < -0.4 is 85.8 Å². The SMILES string of the molecule is CC[C@H](C)[C@@H]1CC(=O)CNC(=O)[C@H]2CC(=O)[C@H]([C@@H](C)[C@@H](O)CO)NC(=O)[C@@H]3C[C@@H](O)CN3C(=O)C(CC(N)=O)NC(=O)[C@H](CS(=O)c3[nH]c4c(CSCCOCCOCCOCCOCCOCCOCCOCCN5C=C(CNC(=O)OCc6ccc(NC(=O)[C@H](CCCNC(N)=O)NC(=O)[C@@H](NC(=O)CNO)C(C)C)cc6)NN5)c(OC)ccc4c3C2)NC(=O)CNC1=O. The van der Waals surface area contributed by atoms with Crippen LogP contribution in [0.25, 0.3) is 10.9 Å². The highest BCUT2D eigenvalue weighted by Gasteiger charge is 2.46. The number of nitrogens with one attached hydrogen (secondary N) is 14. The first kappa shape index (κ1) is 108. The Bertz CT molecular complexity index is 4340. The Morgan fingerprint density at radius 3 is 1.98 bits per heavy atom. The number of alkyl carbamates (subject to hydrolysis) is 1. The summed E-state index contributed by atoms with van der Waals surface area (Å²) in [6.45, 7) is 10.2. The maximum Gasteiger partial charge on any atom is 0.407 e. The lowest BCUT2D eigenvalue weighted by Gasteiger charge is -2.32. The number of aromatic amines is 1. The van der Waals surface area contributed by atoms with Crippen molar-refractivity contribution in [2.75, 3.05) is 169 Å². The average molecular weight is 1890 g/mol. The summed E-state index contributed by atoms with van der Waals surface area (Å²) in [5.74, 6) is -14.6. The average Bonchev–Trinajstić information content (AvgIpc) is 1.61. The Balaban J connectivity index is 0.802. The van der Waals surface area contributed by atoms with E-state index in [9.17, 15) is 77.6 Å². The molecule has 0 aliphatic carbocycles. The fourth-order valence-corrected chi connectivity index (χ4v) is 16.6. The number of ether oxygens (including phenoxy) is 9. The van der Waals surface area contributed by atoms with Crippen molar-refractivity contribution in [3.05, 3.63) is 65.0 Å². The molecule has 5 heterocycles. The predicted molar refractivity (Wildman–Crippen MR) is 471 cm³/mol. The maximum atomic E-state index is 15.4. The van der Waals surface area contributed by atoms with Gasteiger partial charge in [-0.05, 0) is 66.5 Å². The number of ketones is 2. The quantitative estimate of drug-likeness (QED) is 0.0189. The van der Waals surface area contributed by atoms with Gasteiger partial charge in [-0.1, -0.05) is 53.2 Å². The number of carbonyl (C=O) groups is 14. The molecule has 13 atom stereocenters. The standard InChI is InChI=1S/C83H128N18O28S2/c1-7-49(4)58-35-55(103)39-87-74(110)52-33-59-57-14-15-67(121-6)60(73(57)97-80(59)131(120)47-63(92-69(108)40-88-75(58)111)77(113)94-62(37-68(84)107)81(116)101-43-56(104)36-64(101)78(114)96-72(65(105)34-52)50(5)66(106)44-102)46-130-32-31-128-30-29-127-28-27-126-26-25-125-24-23-124-22-21-123-20-19-122-18-17-100-42-54(98-99-100)38-89-83(118)129-45-51-10-12-53(13-11-51)91-76(112)61(9-8-16-86-82(85)117)93-79(115)71(48(2)3)95-70(109)41-90-119/h10-15,42,48-50,52,56,58,61-64,66,71-72,90,97-99,102,104,106,119H,7-9,16-41,43-47H2,1-6H3,(H2,84,107)(H,87,110)(H,88,111)(H,89,118)(H,91,112)(H,92,108)(H,93,115)(H,94,113)(H,95,109)(H,96,114)(H3,85,86,117)/t49-,50-,52+,56+,58-,61-,62?,63-,64-,66-,71-,72-,131?/m0/s1. The van der Waals surface area contributed by atoms with Crippen molar-refractivity contribution in [1.29, 1.82) is 0 Å². The monoisotopic (exact) mass is 1890 g/mol. The van der Waals surface area contributed by atoms with Gasteiger partial charge in [-0.15, -0.1) is 5.53 Å². The molecule has 1 saturated heterocycles. The normalized spacial score (nSPS) is 20.9. The molecule has 4 aliphatic heterocycles. The Morgan fingerprint density at radius 2 is 1.37 bits per heavy atom. The van der Waals surface area contributed by atoms with E-state index in [1.165, 1.54) is 25.8 Å². The smallest absolute Gasteiger partial charge is 0.407 e. The van der Waals surface area contributed by atoms with E-state index in [-0.39, 0.29) is 74.6 Å². The van der Waals surface area contributed by atoms with Gasteiger partial charge in [-0.3, -0.25) is 66.8 Å². The van der Waals surface area contributed by atoms with E-state index in [4.69, 9.17) is 59.3 Å². The van der Waals surface area contributed by atoms with Gasteiger partial charge < -0.3 is 143 Å². The minimum atomic E-state index is -2.43. The lowest BCUT2D eigenvalue weighted by Crippen LogP contribution is -2.60. The van der Waals surface area contributed by atoms with Crippen molar-refractivity contribution in [3.8, 4) is 5.75 Å². The number of hydroxylamine groups is 1. The van der Waals surface area contributed by atoms with Crippen LogP contribution >= 0.6 is 11.8 Å². The number of hydrazine groups is 2. The summed E-state index contributed by atoms with van der Waals surface area (Å²) in [4.78, 5) is 195. The number of amides is 13. The Labute approximate surface area is 764 Å². The second-order valence-corrected chi connectivity index (χ2v) is 34.4. The molecule has 0 radical (unpaired) electrons. The van der Waals surface area contributed by atoms with Crippen LogP contribution in [0.15, 0.2) is 53.3 Å². The van der Waals surface area contributed by atoms with E-state index < -0.39 is 236 Å². The molecule has 2 unspecified atom stereocenters. The molecule has 0 saturated carbocycles. The zero-order valence-corrected chi connectivity index (χ0v) is 76.2. The zero-order chi connectivity index (χ0) is 95.5. The summed E-state index contributed by atoms with van der Waals surface area (Å²) in [6, 6.07) is -0.0861. The number of benzene rings is 2. The number of hydrogen-bond donors (Lipinski definition) is 20. The molecule has 22 N–H and O–H groups in total. The van der Waals surface area contributed by atoms with E-state index >= 15 is 9.00 Å². The van der Waals surface area contributed by atoms with Crippen LogP contribution in [-0.4, -0.2) is 334 Å². The molecule has 2 bridgehead atoms. The van der Waals surface area contributed by atoms with E-state index in [0.29, 0.717) is 131 Å². The third kappa shape index (κ3) is 36.3. The third-order valence-electron chi connectivity index (χ3n) is 21.8. The number of aliphatic hydroxyl groups is 3. The van der Waals surface area contributed by atoms with Gasteiger partial charge in [-0.25, -0.2) is 9.59 Å². The first-order valence-corrected chi connectivity index (χ1v) is 45.9. The number of hydrogen-bond acceptors (Lipinski definition) is 33. The number of nitrogens with zero attached hydrogens (tertiary/aromatic N) is 2. The van der Waals surface area contributed by atoms with Crippen LogP contribution in [0.1, 0.15) is 96.3 Å². The molecule has 13 amide bonds. The van der Waals surface area contributed by atoms with Crippen molar-refractivity contribution in [2.45, 2.75) is 152 Å². The number of thioether (sulfide) groups is 1. The third-order valence-corrected chi connectivity index (χ3v) is 24.1. The molecule has 46 nitrogen and oxygen atoms in total. The first-order valence-electron chi connectivity index (χ1n) is 43.4. The number of nitrogens with two attached hydrogens (primary N) is 2. The number of carbonyl (C=O) groups excluding carboxylic acids is 14. The van der Waals surface area contributed by atoms with Crippen LogP contribution in [0.4, 0.5) is 15.3 Å². The highest BCUT2D eigenvalue weighted by molar-refractivity contribution is 7.98. The summed E-state index contributed by atoms with van der Waals surface area (Å²) in [7, 11) is -0.986. The second kappa shape index (κ2) is 57.2. The lowest BCUT2D eigenvalue weighted by molar-refractivity contribution is -0.144. The number of urea groups is 1. The molecule has 2 aromatic carbocycles. The fourth-order valence-electron chi connectivity index (χ4n) is 14.4. The molecule has 131 heavy (non-hydrogen) atoms. The maximum absolute atomic E-state index is 15.4. The number of aromatic nitrogens is 1. The van der Waals surface area contributed by atoms with Crippen LogP contribution in [0.2, 0.25) is 0 Å².